The summed E-state index contributed by atoms with van der Waals surface area (Å²) in [5.74, 6) is 0.124. The van der Waals surface area contributed by atoms with Gasteiger partial charge < -0.3 is 9.38 Å². The number of rotatable bonds is 8. The van der Waals surface area contributed by atoms with Gasteiger partial charge in [-0.15, -0.1) is 0 Å². The van der Waals surface area contributed by atoms with Crippen molar-refractivity contribution in [3.05, 3.63) is 35.9 Å². The van der Waals surface area contributed by atoms with Gasteiger partial charge in [0.1, 0.15) is 6.54 Å². The number of amides is 1. The Morgan fingerprint density at radius 1 is 1.12 bits per heavy atom. The number of thiol groups is 1. The maximum Gasteiger partial charge on any atom is 0.238 e. The summed E-state index contributed by atoms with van der Waals surface area (Å²) in [5, 5.41) is 0. The molecule has 1 unspecified atom stereocenters. The zero-order chi connectivity index (χ0) is 19.3. The van der Waals surface area contributed by atoms with Crippen molar-refractivity contribution in [2.75, 3.05) is 34.2 Å². The van der Waals surface area contributed by atoms with Gasteiger partial charge in [0, 0.05) is 25.6 Å². The Kier molecular flexibility index (Phi) is 7.57. The lowest BCUT2D eigenvalue weighted by molar-refractivity contribution is -0.903. The fourth-order valence-corrected chi connectivity index (χ4v) is 4.16. The molecule has 1 aromatic rings. The fraction of sp³-hybridized carbons (Fsp3) is 0.667. The summed E-state index contributed by atoms with van der Waals surface area (Å²) in [4.78, 5) is 14.6. The van der Waals surface area contributed by atoms with E-state index in [9.17, 15) is 4.79 Å². The Hall–Kier alpha value is -1.000. The first kappa shape index (κ1) is 22.0. The molecule has 3 nitrogen and oxygen atoms in total. The van der Waals surface area contributed by atoms with E-state index in [2.05, 4.69) is 77.8 Å². The predicted molar refractivity (Wildman–Crippen MR) is 111 cm³/mol. The summed E-state index contributed by atoms with van der Waals surface area (Å²) in [5.41, 5.74) is 1.44. The van der Waals surface area contributed by atoms with Gasteiger partial charge in [-0.2, -0.15) is 12.6 Å². The molecule has 0 aromatic heterocycles. The monoisotopic (exact) mass is 365 g/mol. The van der Waals surface area contributed by atoms with Crippen molar-refractivity contribution >= 4 is 18.5 Å². The molecule has 0 saturated heterocycles. The van der Waals surface area contributed by atoms with Crippen LogP contribution in [0.25, 0.3) is 0 Å². The second-order valence-electron chi connectivity index (χ2n) is 9.39. The van der Waals surface area contributed by atoms with Crippen molar-refractivity contribution in [1.29, 1.82) is 0 Å². The van der Waals surface area contributed by atoms with E-state index >= 15 is 0 Å². The van der Waals surface area contributed by atoms with Crippen LogP contribution in [0.5, 0.6) is 0 Å². The Balaban J connectivity index is 2.50. The molecule has 1 rings (SSSR count). The second-order valence-corrected chi connectivity index (χ2v) is 10.4. The molecule has 1 aromatic carbocycles. The van der Waals surface area contributed by atoms with Gasteiger partial charge in [0.15, 0.2) is 0 Å². The maximum atomic E-state index is 12.7. The minimum absolute atomic E-state index is 0.0849. The SMILES string of the molecule is CN(CCC[N+](C)(C)Cc1ccccc1)C(=O)C(C)(S)CC(C)(C)C. The number of benzene rings is 1. The number of carbonyl (C=O) groups excluding carboxylic acids is 1. The van der Waals surface area contributed by atoms with Gasteiger partial charge in [0.05, 0.1) is 25.4 Å². The number of hydrogen-bond donors (Lipinski definition) is 1. The molecule has 142 valence electrons. The van der Waals surface area contributed by atoms with E-state index in [1.54, 1.807) is 0 Å². The Morgan fingerprint density at radius 2 is 1.68 bits per heavy atom. The minimum Gasteiger partial charge on any atom is -0.344 e. The van der Waals surface area contributed by atoms with Crippen LogP contribution in [0.3, 0.4) is 0 Å². The average Bonchev–Trinajstić information content (AvgIpc) is 2.44. The first-order valence-electron chi connectivity index (χ1n) is 9.16. The van der Waals surface area contributed by atoms with E-state index in [0.717, 1.165) is 37.0 Å². The third kappa shape index (κ3) is 8.28. The van der Waals surface area contributed by atoms with E-state index in [-0.39, 0.29) is 11.3 Å². The van der Waals surface area contributed by atoms with Crippen molar-refractivity contribution in [2.24, 2.45) is 5.41 Å². The molecular weight excluding hydrogens is 328 g/mol. The third-order valence-corrected chi connectivity index (χ3v) is 4.74. The predicted octanol–water partition coefficient (Wildman–Crippen LogP) is 4.24. The first-order chi connectivity index (χ1) is 11.3. The molecule has 0 heterocycles. The smallest absolute Gasteiger partial charge is 0.238 e. The third-order valence-electron chi connectivity index (χ3n) is 4.39. The zero-order valence-corrected chi connectivity index (χ0v) is 18.1. The maximum absolute atomic E-state index is 12.7. The quantitative estimate of drug-likeness (QED) is 0.540. The lowest BCUT2D eigenvalue weighted by Crippen LogP contribution is -2.45. The molecule has 4 heteroatoms. The molecule has 0 aliphatic heterocycles. The Bertz CT molecular complexity index is 547. The van der Waals surface area contributed by atoms with Gasteiger partial charge in [-0.05, 0) is 18.8 Å². The van der Waals surface area contributed by atoms with Crippen LogP contribution < -0.4 is 0 Å². The Morgan fingerprint density at radius 3 is 2.20 bits per heavy atom. The normalized spacial score (nSPS) is 14.9. The largest absolute Gasteiger partial charge is 0.344 e. The van der Waals surface area contributed by atoms with Crippen molar-refractivity contribution in [2.45, 2.75) is 51.8 Å². The van der Waals surface area contributed by atoms with Crippen molar-refractivity contribution in [3.8, 4) is 0 Å². The summed E-state index contributed by atoms with van der Waals surface area (Å²) in [6, 6.07) is 10.6. The van der Waals surface area contributed by atoms with E-state index in [1.165, 1.54) is 5.56 Å². The van der Waals surface area contributed by atoms with Crippen molar-refractivity contribution < 1.29 is 9.28 Å². The van der Waals surface area contributed by atoms with E-state index in [4.69, 9.17) is 0 Å². The molecule has 0 fully saturated rings. The van der Waals surface area contributed by atoms with E-state index < -0.39 is 4.75 Å². The van der Waals surface area contributed by atoms with Gasteiger partial charge in [-0.1, -0.05) is 51.1 Å². The minimum atomic E-state index is -0.610. The topological polar surface area (TPSA) is 20.3 Å². The molecule has 25 heavy (non-hydrogen) atoms. The van der Waals surface area contributed by atoms with Gasteiger partial charge in [-0.3, -0.25) is 4.79 Å². The number of hydrogen-bond acceptors (Lipinski definition) is 2. The first-order valence-corrected chi connectivity index (χ1v) is 9.61. The highest BCUT2D eigenvalue weighted by Crippen LogP contribution is 2.32. The molecule has 1 amide bonds. The highest BCUT2D eigenvalue weighted by Gasteiger charge is 2.35. The summed E-state index contributed by atoms with van der Waals surface area (Å²) >= 11 is 4.66. The molecule has 0 saturated carbocycles. The van der Waals surface area contributed by atoms with Gasteiger partial charge in [0.25, 0.3) is 0 Å². The van der Waals surface area contributed by atoms with Gasteiger partial charge >= 0.3 is 0 Å². The van der Waals surface area contributed by atoms with E-state index in [1.807, 2.05) is 18.9 Å². The van der Waals surface area contributed by atoms with Crippen LogP contribution >= 0.6 is 12.6 Å². The van der Waals surface area contributed by atoms with Crippen LogP contribution in [0.4, 0.5) is 0 Å². The van der Waals surface area contributed by atoms with Crippen LogP contribution in [0.1, 0.15) is 46.1 Å². The molecule has 0 aliphatic carbocycles. The molecule has 0 N–H and O–H groups in total. The van der Waals surface area contributed by atoms with Crippen LogP contribution in [-0.4, -0.2) is 54.3 Å². The molecule has 0 radical (unpaired) electrons. The van der Waals surface area contributed by atoms with Crippen molar-refractivity contribution in [1.82, 2.24) is 4.90 Å². The highest BCUT2D eigenvalue weighted by molar-refractivity contribution is 7.82. The summed E-state index contributed by atoms with van der Waals surface area (Å²) < 4.78 is 0.313. The van der Waals surface area contributed by atoms with Gasteiger partial charge in [-0.25, -0.2) is 0 Å². The summed E-state index contributed by atoms with van der Waals surface area (Å²) in [7, 11) is 6.39. The van der Waals surface area contributed by atoms with E-state index in [0.29, 0.717) is 0 Å². The molecule has 0 spiro atoms. The Labute approximate surface area is 160 Å². The lowest BCUT2D eigenvalue weighted by Gasteiger charge is -2.34. The second kappa shape index (κ2) is 8.59. The average molecular weight is 366 g/mol. The molecule has 1 atom stereocenters. The van der Waals surface area contributed by atoms with Crippen LogP contribution in [0.2, 0.25) is 0 Å². The van der Waals surface area contributed by atoms with Crippen LogP contribution in [-0.2, 0) is 11.3 Å². The molecule has 0 aliphatic rings. The molecule has 0 bridgehead atoms. The standard InChI is InChI=1S/C21H36N2OS/c1-20(2,3)17-21(4,25)19(24)22(5)14-11-15-23(6,7)16-18-12-9-8-10-13-18/h8-10,12-13H,11,14-17H2,1-7H3/p+1. The van der Waals surface area contributed by atoms with Gasteiger partial charge in [0.2, 0.25) is 5.91 Å². The van der Waals surface area contributed by atoms with Crippen molar-refractivity contribution in [3.63, 3.8) is 0 Å². The number of carbonyl (C=O) groups is 1. The zero-order valence-electron chi connectivity index (χ0n) is 17.2. The fourth-order valence-electron chi connectivity index (χ4n) is 3.51. The van der Waals surface area contributed by atoms with Crippen LogP contribution in [0, 0.1) is 5.41 Å². The lowest BCUT2D eigenvalue weighted by atomic mass is 9.84. The summed E-state index contributed by atoms with van der Waals surface area (Å²) in [6.45, 7) is 11.2. The number of nitrogens with zero attached hydrogens (tertiary/aromatic N) is 2. The number of quaternary nitrogens is 1. The highest BCUT2D eigenvalue weighted by atomic mass is 32.1. The molecular formula is C21H37N2OS+. The van der Waals surface area contributed by atoms with Crippen LogP contribution in [0.15, 0.2) is 30.3 Å². The summed E-state index contributed by atoms with van der Waals surface area (Å²) in [6.07, 6.45) is 1.75.